The van der Waals surface area contributed by atoms with Gasteiger partial charge in [-0.25, -0.2) is 4.98 Å². The Balaban J connectivity index is 1.72. The molecule has 2 amide bonds. The zero-order valence-corrected chi connectivity index (χ0v) is 14.2. The third-order valence-electron chi connectivity index (χ3n) is 3.43. The standard InChI is InChI=1S/C17H21N3O2S/c1-20(2)17(22)14-6-3-13(4-7-14)5-8-16(21)18-10-9-15-11-23-12-19-15/h3-4,6-7,11-12H,5,8-10H2,1-2H3,(H,18,21). The summed E-state index contributed by atoms with van der Waals surface area (Å²) < 4.78 is 0. The Hall–Kier alpha value is -2.21. The van der Waals surface area contributed by atoms with Crippen molar-refractivity contribution in [2.45, 2.75) is 19.3 Å². The van der Waals surface area contributed by atoms with Gasteiger partial charge in [0.05, 0.1) is 11.2 Å². The number of nitrogens with zero attached hydrogens (tertiary/aromatic N) is 2. The molecule has 2 rings (SSSR count). The topological polar surface area (TPSA) is 62.3 Å². The molecule has 0 aliphatic carbocycles. The number of benzene rings is 1. The first-order valence-corrected chi connectivity index (χ1v) is 8.45. The Kier molecular flexibility index (Phi) is 6.29. The van der Waals surface area contributed by atoms with Crippen LogP contribution < -0.4 is 5.32 Å². The van der Waals surface area contributed by atoms with Crippen LogP contribution in [0.1, 0.15) is 28.0 Å². The van der Waals surface area contributed by atoms with Gasteiger partial charge in [0.1, 0.15) is 0 Å². The summed E-state index contributed by atoms with van der Waals surface area (Å²) in [5.41, 5.74) is 4.51. The molecule has 0 fully saturated rings. The number of hydrogen-bond donors (Lipinski definition) is 1. The molecule has 0 spiro atoms. The number of amides is 2. The maximum absolute atomic E-state index is 11.8. The lowest BCUT2D eigenvalue weighted by Crippen LogP contribution is -2.26. The fourth-order valence-corrected chi connectivity index (χ4v) is 2.70. The zero-order chi connectivity index (χ0) is 16.7. The van der Waals surface area contributed by atoms with E-state index in [1.165, 1.54) is 0 Å². The number of aromatic nitrogens is 1. The van der Waals surface area contributed by atoms with Crippen molar-refractivity contribution in [3.63, 3.8) is 0 Å². The average molecular weight is 331 g/mol. The summed E-state index contributed by atoms with van der Waals surface area (Å²) >= 11 is 1.56. The summed E-state index contributed by atoms with van der Waals surface area (Å²) in [4.78, 5) is 29.3. The Morgan fingerprint density at radius 2 is 1.91 bits per heavy atom. The molecular formula is C17H21N3O2S. The van der Waals surface area contributed by atoms with Crippen molar-refractivity contribution in [3.8, 4) is 0 Å². The molecule has 1 heterocycles. The minimum absolute atomic E-state index is 0.0173. The van der Waals surface area contributed by atoms with Gasteiger partial charge >= 0.3 is 0 Å². The molecule has 23 heavy (non-hydrogen) atoms. The highest BCUT2D eigenvalue weighted by Gasteiger charge is 2.08. The fourth-order valence-electron chi connectivity index (χ4n) is 2.11. The van der Waals surface area contributed by atoms with Gasteiger partial charge in [-0.3, -0.25) is 9.59 Å². The Morgan fingerprint density at radius 3 is 2.52 bits per heavy atom. The zero-order valence-electron chi connectivity index (χ0n) is 13.4. The van der Waals surface area contributed by atoms with Crippen molar-refractivity contribution in [2.75, 3.05) is 20.6 Å². The molecule has 0 radical (unpaired) electrons. The van der Waals surface area contributed by atoms with Gasteiger partial charge in [0.25, 0.3) is 5.91 Å². The van der Waals surface area contributed by atoms with Crippen LogP contribution in [0.4, 0.5) is 0 Å². The number of thiazole rings is 1. The SMILES string of the molecule is CN(C)C(=O)c1ccc(CCC(=O)NCCc2cscn2)cc1. The van der Waals surface area contributed by atoms with Gasteiger partial charge in [0.15, 0.2) is 0 Å². The summed E-state index contributed by atoms with van der Waals surface area (Å²) in [5.74, 6) is 0.0185. The van der Waals surface area contributed by atoms with Crippen LogP contribution in [0.3, 0.4) is 0 Å². The first kappa shape index (κ1) is 17.1. The highest BCUT2D eigenvalue weighted by molar-refractivity contribution is 7.07. The average Bonchev–Trinajstić information content (AvgIpc) is 3.06. The smallest absolute Gasteiger partial charge is 0.253 e. The molecule has 0 aliphatic heterocycles. The van der Waals surface area contributed by atoms with Gasteiger partial charge < -0.3 is 10.2 Å². The van der Waals surface area contributed by atoms with E-state index in [1.807, 2.05) is 17.5 Å². The van der Waals surface area contributed by atoms with E-state index in [0.29, 0.717) is 24.9 Å². The van der Waals surface area contributed by atoms with E-state index < -0.39 is 0 Å². The highest BCUT2D eigenvalue weighted by Crippen LogP contribution is 2.08. The normalized spacial score (nSPS) is 10.3. The molecule has 0 aliphatic rings. The number of aryl methyl sites for hydroxylation is 1. The molecule has 1 aromatic carbocycles. The van der Waals surface area contributed by atoms with Crippen molar-refractivity contribution >= 4 is 23.2 Å². The van der Waals surface area contributed by atoms with Crippen molar-refractivity contribution < 1.29 is 9.59 Å². The van der Waals surface area contributed by atoms with Gasteiger partial charge in [-0.1, -0.05) is 12.1 Å². The second-order valence-electron chi connectivity index (χ2n) is 5.48. The van der Waals surface area contributed by atoms with Crippen LogP contribution in [0, 0.1) is 0 Å². The molecule has 0 saturated carbocycles. The van der Waals surface area contributed by atoms with Crippen LogP contribution in [0.15, 0.2) is 35.2 Å². The third kappa shape index (κ3) is 5.49. The van der Waals surface area contributed by atoms with E-state index >= 15 is 0 Å². The Bertz CT molecular complexity index is 636. The predicted molar refractivity (Wildman–Crippen MR) is 91.6 cm³/mol. The van der Waals surface area contributed by atoms with E-state index in [9.17, 15) is 9.59 Å². The lowest BCUT2D eigenvalue weighted by molar-refractivity contribution is -0.121. The number of rotatable bonds is 7. The maximum atomic E-state index is 11.8. The quantitative estimate of drug-likeness (QED) is 0.845. The predicted octanol–water partition coefficient (Wildman–Crippen LogP) is 2.14. The minimum atomic E-state index is -0.0173. The largest absolute Gasteiger partial charge is 0.356 e. The molecule has 2 aromatic rings. The molecule has 0 atom stereocenters. The van der Waals surface area contributed by atoms with Gasteiger partial charge in [0.2, 0.25) is 5.91 Å². The Morgan fingerprint density at radius 1 is 1.17 bits per heavy atom. The first-order chi connectivity index (χ1) is 11.1. The molecule has 0 saturated heterocycles. The van der Waals surface area contributed by atoms with Crippen molar-refractivity contribution in [1.29, 1.82) is 0 Å². The van der Waals surface area contributed by atoms with Crippen molar-refractivity contribution in [2.24, 2.45) is 0 Å². The van der Waals surface area contributed by atoms with Gasteiger partial charge in [0, 0.05) is 44.4 Å². The highest BCUT2D eigenvalue weighted by atomic mass is 32.1. The van der Waals surface area contributed by atoms with Crippen molar-refractivity contribution in [3.05, 3.63) is 52.0 Å². The third-order valence-corrected chi connectivity index (χ3v) is 4.07. The lowest BCUT2D eigenvalue weighted by Gasteiger charge is -2.10. The van der Waals surface area contributed by atoms with E-state index in [0.717, 1.165) is 17.7 Å². The van der Waals surface area contributed by atoms with Crippen LogP contribution in [-0.2, 0) is 17.6 Å². The van der Waals surface area contributed by atoms with Crippen LogP contribution in [-0.4, -0.2) is 42.3 Å². The van der Waals surface area contributed by atoms with E-state index in [4.69, 9.17) is 0 Å². The van der Waals surface area contributed by atoms with Gasteiger partial charge in [-0.2, -0.15) is 0 Å². The van der Waals surface area contributed by atoms with Crippen molar-refractivity contribution in [1.82, 2.24) is 15.2 Å². The van der Waals surface area contributed by atoms with Crippen LogP contribution in [0.2, 0.25) is 0 Å². The molecule has 0 unspecified atom stereocenters. The minimum Gasteiger partial charge on any atom is -0.356 e. The van der Waals surface area contributed by atoms with Gasteiger partial charge in [-0.05, 0) is 24.1 Å². The molecule has 6 heteroatoms. The van der Waals surface area contributed by atoms with Crippen LogP contribution in [0.5, 0.6) is 0 Å². The first-order valence-electron chi connectivity index (χ1n) is 7.50. The molecular weight excluding hydrogens is 310 g/mol. The van der Waals surface area contributed by atoms with Crippen LogP contribution >= 0.6 is 11.3 Å². The Labute approximate surface area is 140 Å². The van der Waals surface area contributed by atoms with E-state index in [-0.39, 0.29) is 11.8 Å². The summed E-state index contributed by atoms with van der Waals surface area (Å²) in [6, 6.07) is 7.41. The summed E-state index contributed by atoms with van der Waals surface area (Å²) in [5, 5.41) is 4.89. The van der Waals surface area contributed by atoms with E-state index in [1.54, 1.807) is 48.0 Å². The molecule has 1 N–H and O–H groups in total. The van der Waals surface area contributed by atoms with Gasteiger partial charge in [-0.15, -0.1) is 11.3 Å². The van der Waals surface area contributed by atoms with E-state index in [2.05, 4.69) is 10.3 Å². The fraction of sp³-hybridized carbons (Fsp3) is 0.353. The number of nitrogens with one attached hydrogen (secondary N) is 1. The second kappa shape index (κ2) is 8.43. The maximum Gasteiger partial charge on any atom is 0.253 e. The summed E-state index contributed by atoms with van der Waals surface area (Å²) in [6.45, 7) is 0.610. The van der Waals surface area contributed by atoms with Crippen LogP contribution in [0.25, 0.3) is 0 Å². The molecule has 122 valence electrons. The summed E-state index contributed by atoms with van der Waals surface area (Å²) in [6.07, 6.45) is 1.87. The summed E-state index contributed by atoms with van der Waals surface area (Å²) in [7, 11) is 3.46. The molecule has 0 bridgehead atoms. The molecule has 5 nitrogen and oxygen atoms in total. The number of hydrogen-bond acceptors (Lipinski definition) is 4. The second-order valence-corrected chi connectivity index (χ2v) is 6.19. The number of carbonyl (C=O) groups excluding carboxylic acids is 2. The number of carbonyl (C=O) groups is 2. The lowest BCUT2D eigenvalue weighted by atomic mass is 10.1. The molecule has 1 aromatic heterocycles. The monoisotopic (exact) mass is 331 g/mol.